The molecule has 0 spiro atoms. The summed E-state index contributed by atoms with van der Waals surface area (Å²) in [6.07, 6.45) is 3.11. The average molecular weight is 346 g/mol. The van der Waals surface area contributed by atoms with Crippen molar-refractivity contribution in [2.24, 2.45) is 5.10 Å². The summed E-state index contributed by atoms with van der Waals surface area (Å²) in [6.45, 7) is 3.66. The Kier molecular flexibility index (Phi) is 3.47. The number of nitrogens with zero attached hydrogens (tertiary/aromatic N) is 3. The Morgan fingerprint density at radius 1 is 1.33 bits per heavy atom. The molecule has 0 N–H and O–H groups in total. The van der Waals surface area contributed by atoms with Gasteiger partial charge < -0.3 is 4.42 Å². The van der Waals surface area contributed by atoms with Crippen LogP contribution in [0.15, 0.2) is 49.3 Å². The monoisotopic (exact) mass is 345 g/mol. The molecule has 0 saturated heterocycles. The number of aromatic nitrogens is 2. The van der Waals surface area contributed by atoms with E-state index in [1.54, 1.807) is 25.3 Å². The normalized spacial score (nSPS) is 11.6. The van der Waals surface area contributed by atoms with Gasteiger partial charge in [-0.15, -0.1) is 0 Å². The number of rotatable bonds is 2. The molecule has 2 heterocycles. The molecule has 21 heavy (non-hydrogen) atoms. The molecule has 6 heteroatoms. The van der Waals surface area contributed by atoms with Crippen LogP contribution in [0.5, 0.6) is 0 Å². The first-order valence-corrected chi connectivity index (χ1v) is 7.13. The fraction of sp³-hybridized carbons (Fsp3) is 0.133. The second-order valence-electron chi connectivity index (χ2n) is 4.65. The smallest absolute Gasteiger partial charge is 0.282 e. The summed E-state index contributed by atoms with van der Waals surface area (Å²) in [4.78, 5) is 16.9. The van der Waals surface area contributed by atoms with E-state index in [1.807, 2.05) is 19.1 Å². The lowest BCUT2D eigenvalue weighted by Crippen LogP contribution is -2.20. The number of furan rings is 1. The van der Waals surface area contributed by atoms with Crippen molar-refractivity contribution >= 4 is 33.0 Å². The third-order valence-corrected chi connectivity index (χ3v) is 3.66. The molecule has 3 aromatic rings. The Bertz CT molecular complexity index is 909. The predicted molar refractivity (Wildman–Crippen MR) is 84.9 cm³/mol. The third-order valence-electron chi connectivity index (χ3n) is 3.16. The van der Waals surface area contributed by atoms with Crippen LogP contribution in [0, 0.1) is 13.8 Å². The van der Waals surface area contributed by atoms with Crippen molar-refractivity contribution in [3.63, 3.8) is 0 Å². The molecule has 2 aromatic heterocycles. The van der Waals surface area contributed by atoms with Crippen LogP contribution in [-0.4, -0.2) is 15.9 Å². The molecule has 0 atom stereocenters. The third kappa shape index (κ3) is 2.54. The first-order valence-electron chi connectivity index (χ1n) is 6.33. The van der Waals surface area contributed by atoms with Gasteiger partial charge in [-0.25, -0.2) is 4.98 Å². The van der Waals surface area contributed by atoms with Crippen LogP contribution in [-0.2, 0) is 0 Å². The van der Waals surface area contributed by atoms with Crippen LogP contribution in [0.3, 0.4) is 0 Å². The topological polar surface area (TPSA) is 60.4 Å². The fourth-order valence-corrected chi connectivity index (χ4v) is 2.38. The van der Waals surface area contributed by atoms with E-state index in [-0.39, 0.29) is 5.56 Å². The van der Waals surface area contributed by atoms with E-state index in [2.05, 4.69) is 26.0 Å². The van der Waals surface area contributed by atoms with Crippen LogP contribution in [0.4, 0.5) is 0 Å². The minimum atomic E-state index is -0.209. The summed E-state index contributed by atoms with van der Waals surface area (Å²) in [5, 5.41) is 4.71. The quantitative estimate of drug-likeness (QED) is 0.669. The molecule has 5 nitrogen and oxygen atoms in total. The van der Waals surface area contributed by atoms with Crippen LogP contribution in [0.2, 0.25) is 0 Å². The number of benzene rings is 1. The highest BCUT2D eigenvalue weighted by Gasteiger charge is 2.08. The minimum absolute atomic E-state index is 0.209. The molecule has 0 aliphatic carbocycles. The van der Waals surface area contributed by atoms with Gasteiger partial charge in [-0.05, 0) is 43.7 Å². The first kappa shape index (κ1) is 13.8. The van der Waals surface area contributed by atoms with E-state index in [0.717, 1.165) is 10.0 Å². The molecule has 0 aliphatic heterocycles. The summed E-state index contributed by atoms with van der Waals surface area (Å²) >= 11 is 3.36. The van der Waals surface area contributed by atoms with Gasteiger partial charge in [-0.3, -0.25) is 4.79 Å². The van der Waals surface area contributed by atoms with Crippen molar-refractivity contribution in [1.29, 1.82) is 0 Å². The molecule has 0 unspecified atom stereocenters. The highest BCUT2D eigenvalue weighted by Crippen LogP contribution is 2.15. The van der Waals surface area contributed by atoms with E-state index < -0.39 is 0 Å². The minimum Gasteiger partial charge on any atom is -0.463 e. The van der Waals surface area contributed by atoms with Gasteiger partial charge in [0, 0.05) is 4.47 Å². The SMILES string of the molecule is Cc1ccoc1C=Nn1c(C)nc2ccc(Br)cc2c1=O. The maximum Gasteiger partial charge on any atom is 0.282 e. The summed E-state index contributed by atoms with van der Waals surface area (Å²) in [6, 6.07) is 7.24. The van der Waals surface area contributed by atoms with Gasteiger partial charge in [-0.2, -0.15) is 9.78 Å². The number of hydrogen-bond donors (Lipinski definition) is 0. The first-order chi connectivity index (χ1) is 10.1. The van der Waals surface area contributed by atoms with Crippen LogP contribution in [0.25, 0.3) is 10.9 Å². The molecule has 0 bridgehead atoms. The van der Waals surface area contributed by atoms with Crippen molar-refractivity contribution in [2.75, 3.05) is 0 Å². The largest absolute Gasteiger partial charge is 0.463 e. The molecule has 0 amide bonds. The lowest BCUT2D eigenvalue weighted by molar-refractivity contribution is 0.557. The van der Waals surface area contributed by atoms with Gasteiger partial charge in [0.25, 0.3) is 5.56 Å². The summed E-state index contributed by atoms with van der Waals surface area (Å²) in [5.41, 5.74) is 1.40. The average Bonchev–Trinajstić information content (AvgIpc) is 2.85. The predicted octanol–water partition coefficient (Wildman–Crippen LogP) is 3.25. The molecular formula is C15H12BrN3O2. The van der Waals surface area contributed by atoms with Crippen molar-refractivity contribution in [2.45, 2.75) is 13.8 Å². The molecular weight excluding hydrogens is 334 g/mol. The lowest BCUT2D eigenvalue weighted by Gasteiger charge is -2.05. The summed E-state index contributed by atoms with van der Waals surface area (Å²) < 4.78 is 7.38. The van der Waals surface area contributed by atoms with Gasteiger partial charge in [0.05, 0.1) is 23.4 Å². The fourth-order valence-electron chi connectivity index (χ4n) is 2.02. The maximum absolute atomic E-state index is 12.5. The zero-order valence-corrected chi connectivity index (χ0v) is 13.1. The summed E-state index contributed by atoms with van der Waals surface area (Å²) in [7, 11) is 0. The number of hydrogen-bond acceptors (Lipinski definition) is 4. The van der Waals surface area contributed by atoms with Crippen molar-refractivity contribution < 1.29 is 4.42 Å². The Hall–Kier alpha value is -2.21. The summed E-state index contributed by atoms with van der Waals surface area (Å²) in [5.74, 6) is 1.14. The highest BCUT2D eigenvalue weighted by molar-refractivity contribution is 9.10. The molecule has 3 rings (SSSR count). The second-order valence-corrected chi connectivity index (χ2v) is 5.57. The van der Waals surface area contributed by atoms with Gasteiger partial charge in [-0.1, -0.05) is 15.9 Å². The van der Waals surface area contributed by atoms with Crippen LogP contribution in [0.1, 0.15) is 17.1 Å². The van der Waals surface area contributed by atoms with Crippen molar-refractivity contribution in [1.82, 2.24) is 9.66 Å². The molecule has 1 aromatic carbocycles. The van der Waals surface area contributed by atoms with E-state index in [0.29, 0.717) is 22.5 Å². The van der Waals surface area contributed by atoms with Gasteiger partial charge in [0.2, 0.25) is 0 Å². The van der Waals surface area contributed by atoms with Gasteiger partial charge >= 0.3 is 0 Å². The van der Waals surface area contributed by atoms with Crippen LogP contribution >= 0.6 is 15.9 Å². The molecule has 0 radical (unpaired) electrons. The Balaban J connectivity index is 2.17. The number of aryl methyl sites for hydroxylation is 2. The highest BCUT2D eigenvalue weighted by atomic mass is 79.9. The van der Waals surface area contributed by atoms with Crippen molar-refractivity contribution in [3.8, 4) is 0 Å². The van der Waals surface area contributed by atoms with Crippen LogP contribution < -0.4 is 5.56 Å². The molecule has 106 valence electrons. The number of halogens is 1. The zero-order chi connectivity index (χ0) is 15.0. The van der Waals surface area contributed by atoms with E-state index in [4.69, 9.17) is 4.42 Å². The van der Waals surface area contributed by atoms with Crippen molar-refractivity contribution in [3.05, 3.63) is 62.5 Å². The zero-order valence-electron chi connectivity index (χ0n) is 11.5. The Morgan fingerprint density at radius 3 is 2.86 bits per heavy atom. The number of fused-ring (bicyclic) bond motifs is 1. The molecule has 0 fully saturated rings. The Labute approximate surface area is 129 Å². The standard InChI is InChI=1S/C15H12BrN3O2/c1-9-5-6-21-14(9)8-17-19-10(2)18-13-4-3-11(16)7-12(13)15(19)20/h3-8H,1-2H3. The molecule has 0 saturated carbocycles. The van der Waals surface area contributed by atoms with Gasteiger partial charge in [0.1, 0.15) is 11.6 Å². The lowest BCUT2D eigenvalue weighted by atomic mass is 10.2. The van der Waals surface area contributed by atoms with Gasteiger partial charge in [0.15, 0.2) is 0 Å². The molecule has 0 aliphatic rings. The van der Waals surface area contributed by atoms with E-state index in [9.17, 15) is 4.79 Å². The second kappa shape index (κ2) is 5.29. The maximum atomic E-state index is 12.5. The Morgan fingerprint density at radius 2 is 2.14 bits per heavy atom. The van der Waals surface area contributed by atoms with E-state index >= 15 is 0 Å². The van der Waals surface area contributed by atoms with E-state index in [1.165, 1.54) is 10.9 Å².